The Kier molecular flexibility index (Phi) is 6.61. The van der Waals surface area contributed by atoms with Crippen LogP contribution >= 0.6 is 23.1 Å². The number of thiophene rings is 1. The van der Waals surface area contributed by atoms with Crippen molar-refractivity contribution in [3.8, 4) is 10.4 Å². The van der Waals surface area contributed by atoms with Gasteiger partial charge in [-0.25, -0.2) is 9.97 Å². The first-order chi connectivity index (χ1) is 16.6. The SMILES string of the molecule is Cc1cc(C(=O)CSc2ncnc3sc(-c4ccccc4)cc23)c(C)n1CCc1ccccc1. The number of Topliss-reactive ketones (excluding diaryl/α,β-unsaturated/α-hetero) is 1. The first-order valence-electron chi connectivity index (χ1n) is 11.3. The molecule has 0 amide bonds. The summed E-state index contributed by atoms with van der Waals surface area (Å²) in [6.45, 7) is 4.99. The lowest BCUT2D eigenvalue weighted by Crippen LogP contribution is -2.08. The van der Waals surface area contributed by atoms with Crippen LogP contribution in [0.5, 0.6) is 0 Å². The second-order valence-corrected chi connectivity index (χ2v) is 10.3. The lowest BCUT2D eigenvalue weighted by atomic mass is 10.1. The van der Waals surface area contributed by atoms with Gasteiger partial charge in [0.05, 0.1) is 5.75 Å². The number of hydrogen-bond donors (Lipinski definition) is 0. The number of fused-ring (bicyclic) bond motifs is 1. The Morgan fingerprint density at radius 1 is 0.971 bits per heavy atom. The van der Waals surface area contributed by atoms with Crippen molar-refractivity contribution in [2.75, 3.05) is 5.75 Å². The van der Waals surface area contributed by atoms with Gasteiger partial charge in [-0.1, -0.05) is 72.4 Å². The molecular weight excluding hydrogens is 458 g/mol. The molecule has 3 heterocycles. The molecule has 6 heteroatoms. The highest BCUT2D eigenvalue weighted by Crippen LogP contribution is 2.36. The summed E-state index contributed by atoms with van der Waals surface area (Å²) >= 11 is 3.15. The molecule has 5 aromatic rings. The van der Waals surface area contributed by atoms with E-state index < -0.39 is 0 Å². The smallest absolute Gasteiger partial charge is 0.174 e. The molecule has 0 spiro atoms. The minimum Gasteiger partial charge on any atom is -0.348 e. The van der Waals surface area contributed by atoms with E-state index in [2.05, 4.69) is 63.9 Å². The highest BCUT2D eigenvalue weighted by molar-refractivity contribution is 8.00. The predicted octanol–water partition coefficient (Wildman–Crippen LogP) is 6.99. The zero-order valence-corrected chi connectivity index (χ0v) is 20.8. The summed E-state index contributed by atoms with van der Waals surface area (Å²) in [5.41, 5.74) is 5.43. The Balaban J connectivity index is 1.31. The quantitative estimate of drug-likeness (QED) is 0.135. The van der Waals surface area contributed by atoms with Crippen LogP contribution in [-0.2, 0) is 13.0 Å². The Morgan fingerprint density at radius 3 is 2.47 bits per heavy atom. The van der Waals surface area contributed by atoms with Gasteiger partial charge in [-0.05, 0) is 43.5 Å². The molecule has 170 valence electrons. The molecule has 0 atom stereocenters. The molecule has 4 nitrogen and oxygen atoms in total. The number of aromatic nitrogens is 3. The number of rotatable bonds is 8. The average molecular weight is 484 g/mol. The van der Waals surface area contributed by atoms with Crippen molar-refractivity contribution in [1.29, 1.82) is 0 Å². The van der Waals surface area contributed by atoms with Gasteiger partial charge in [0.2, 0.25) is 0 Å². The summed E-state index contributed by atoms with van der Waals surface area (Å²) in [7, 11) is 0. The monoisotopic (exact) mass is 483 g/mol. The van der Waals surface area contributed by atoms with Crippen molar-refractivity contribution in [1.82, 2.24) is 14.5 Å². The van der Waals surface area contributed by atoms with Gasteiger partial charge in [-0.15, -0.1) is 11.3 Å². The van der Waals surface area contributed by atoms with Gasteiger partial charge in [0.1, 0.15) is 16.2 Å². The molecule has 2 aromatic carbocycles. The van der Waals surface area contributed by atoms with E-state index in [0.29, 0.717) is 5.75 Å². The van der Waals surface area contributed by atoms with Crippen LogP contribution in [0.3, 0.4) is 0 Å². The van der Waals surface area contributed by atoms with Gasteiger partial charge in [-0.2, -0.15) is 0 Å². The van der Waals surface area contributed by atoms with Crippen LogP contribution in [-0.4, -0.2) is 26.1 Å². The van der Waals surface area contributed by atoms with Crippen molar-refractivity contribution in [3.63, 3.8) is 0 Å². The van der Waals surface area contributed by atoms with E-state index in [0.717, 1.165) is 50.0 Å². The Labute approximate surface area is 207 Å². The number of benzene rings is 2. The normalized spacial score (nSPS) is 11.2. The summed E-state index contributed by atoms with van der Waals surface area (Å²) in [5, 5.41) is 1.87. The molecule has 0 aliphatic rings. The van der Waals surface area contributed by atoms with E-state index in [9.17, 15) is 4.79 Å². The third-order valence-corrected chi connectivity index (χ3v) is 8.13. The van der Waals surface area contributed by atoms with Crippen LogP contribution in [0, 0.1) is 13.8 Å². The van der Waals surface area contributed by atoms with Gasteiger partial charge < -0.3 is 4.57 Å². The molecule has 0 unspecified atom stereocenters. The summed E-state index contributed by atoms with van der Waals surface area (Å²) in [6, 6.07) is 24.9. The molecule has 0 bridgehead atoms. The number of hydrogen-bond acceptors (Lipinski definition) is 5. The highest BCUT2D eigenvalue weighted by atomic mass is 32.2. The fraction of sp³-hybridized carbons (Fsp3) is 0.179. The van der Waals surface area contributed by atoms with Crippen LogP contribution in [0.1, 0.15) is 27.3 Å². The van der Waals surface area contributed by atoms with E-state index in [1.54, 1.807) is 17.7 Å². The maximum absolute atomic E-state index is 13.2. The molecular formula is C28H25N3OS2. The summed E-state index contributed by atoms with van der Waals surface area (Å²) in [4.78, 5) is 24.2. The van der Waals surface area contributed by atoms with Gasteiger partial charge in [-0.3, -0.25) is 4.79 Å². The zero-order chi connectivity index (χ0) is 23.5. The zero-order valence-electron chi connectivity index (χ0n) is 19.2. The molecule has 34 heavy (non-hydrogen) atoms. The predicted molar refractivity (Wildman–Crippen MR) is 142 cm³/mol. The molecule has 0 aliphatic carbocycles. The van der Waals surface area contributed by atoms with Crippen LogP contribution in [0.15, 0.2) is 84.1 Å². The number of aryl methyl sites for hydroxylation is 2. The van der Waals surface area contributed by atoms with E-state index in [1.165, 1.54) is 22.9 Å². The van der Waals surface area contributed by atoms with Gasteiger partial charge >= 0.3 is 0 Å². The fourth-order valence-corrected chi connectivity index (χ4v) is 6.14. The molecule has 0 radical (unpaired) electrons. The summed E-state index contributed by atoms with van der Waals surface area (Å²) < 4.78 is 2.25. The van der Waals surface area contributed by atoms with E-state index in [-0.39, 0.29) is 5.78 Å². The van der Waals surface area contributed by atoms with E-state index in [1.807, 2.05) is 37.3 Å². The first kappa shape index (κ1) is 22.6. The van der Waals surface area contributed by atoms with Gasteiger partial charge in [0, 0.05) is 33.8 Å². The van der Waals surface area contributed by atoms with Crippen LogP contribution < -0.4 is 0 Å². The van der Waals surface area contributed by atoms with Crippen molar-refractivity contribution in [2.45, 2.75) is 31.8 Å². The Morgan fingerprint density at radius 2 is 1.71 bits per heavy atom. The molecule has 0 saturated carbocycles. The van der Waals surface area contributed by atoms with Gasteiger partial charge in [0.15, 0.2) is 5.78 Å². The first-order valence-corrected chi connectivity index (χ1v) is 13.1. The van der Waals surface area contributed by atoms with Crippen LogP contribution in [0.4, 0.5) is 0 Å². The number of nitrogens with zero attached hydrogens (tertiary/aromatic N) is 3. The lowest BCUT2D eigenvalue weighted by molar-refractivity contribution is 0.102. The number of thioether (sulfide) groups is 1. The largest absolute Gasteiger partial charge is 0.348 e. The molecule has 3 aromatic heterocycles. The number of carbonyl (C=O) groups excluding carboxylic acids is 1. The maximum Gasteiger partial charge on any atom is 0.174 e. The van der Waals surface area contributed by atoms with E-state index >= 15 is 0 Å². The lowest BCUT2D eigenvalue weighted by Gasteiger charge is -2.10. The standard InChI is InChI=1S/C28H25N3OS2/c1-19-15-23(20(2)31(19)14-13-21-9-5-3-6-10-21)25(32)17-33-27-24-16-26(22-11-7-4-8-12-22)34-28(24)30-18-29-27/h3-12,15-16,18H,13-14,17H2,1-2H3. The second kappa shape index (κ2) is 9.95. The van der Waals surface area contributed by atoms with Gasteiger partial charge in [0.25, 0.3) is 0 Å². The third-order valence-electron chi connectivity index (χ3n) is 6.03. The van der Waals surface area contributed by atoms with E-state index in [4.69, 9.17) is 0 Å². The van der Waals surface area contributed by atoms with Crippen LogP contribution in [0.2, 0.25) is 0 Å². The molecule has 0 fully saturated rings. The summed E-state index contributed by atoms with van der Waals surface area (Å²) in [6.07, 6.45) is 2.54. The Hall–Kier alpha value is -3.22. The average Bonchev–Trinajstić information content (AvgIpc) is 3.43. The molecule has 0 aliphatic heterocycles. The minimum atomic E-state index is 0.134. The van der Waals surface area contributed by atoms with Crippen molar-refractivity contribution >= 4 is 39.1 Å². The maximum atomic E-state index is 13.2. The molecule has 0 saturated heterocycles. The number of ketones is 1. The molecule has 0 N–H and O–H groups in total. The summed E-state index contributed by atoms with van der Waals surface area (Å²) in [5.74, 6) is 0.486. The third kappa shape index (κ3) is 4.69. The van der Waals surface area contributed by atoms with Crippen molar-refractivity contribution in [3.05, 3.63) is 102 Å². The van der Waals surface area contributed by atoms with Crippen LogP contribution in [0.25, 0.3) is 20.7 Å². The topological polar surface area (TPSA) is 47.8 Å². The Bertz CT molecular complexity index is 1440. The number of carbonyl (C=O) groups is 1. The second-order valence-electron chi connectivity index (χ2n) is 8.26. The minimum absolute atomic E-state index is 0.134. The highest BCUT2D eigenvalue weighted by Gasteiger charge is 2.18. The fourth-order valence-electron chi connectivity index (χ4n) is 4.22. The van der Waals surface area contributed by atoms with Crippen molar-refractivity contribution < 1.29 is 4.79 Å². The van der Waals surface area contributed by atoms with Crippen molar-refractivity contribution in [2.24, 2.45) is 0 Å². The molecule has 5 rings (SSSR count).